The van der Waals surface area contributed by atoms with Crippen LogP contribution >= 0.6 is 0 Å². The van der Waals surface area contributed by atoms with Gasteiger partial charge in [0.15, 0.2) is 5.69 Å². The lowest BCUT2D eigenvalue weighted by atomic mass is 10.1. The van der Waals surface area contributed by atoms with Gasteiger partial charge >= 0.3 is 0 Å². The Bertz CT molecular complexity index is 1040. The molecule has 0 radical (unpaired) electrons. The summed E-state index contributed by atoms with van der Waals surface area (Å²) in [6.07, 6.45) is 0. The number of rotatable bonds is 4. The lowest BCUT2D eigenvalue weighted by Crippen LogP contribution is -2.27. The average molecular weight is 350 g/mol. The van der Waals surface area contributed by atoms with Crippen molar-refractivity contribution in [3.05, 3.63) is 70.0 Å². The molecule has 3 rings (SSSR count). The van der Waals surface area contributed by atoms with E-state index in [9.17, 15) is 14.4 Å². The molecule has 1 heterocycles. The molecule has 0 aliphatic carbocycles. The third kappa shape index (κ3) is 3.19. The quantitative estimate of drug-likeness (QED) is 0.753. The predicted molar refractivity (Wildman–Crippen MR) is 99.5 cm³/mol. The fraction of sp³-hybridized carbons (Fsp3) is 0.158. The van der Waals surface area contributed by atoms with Gasteiger partial charge in [-0.05, 0) is 43.3 Å². The summed E-state index contributed by atoms with van der Waals surface area (Å²) in [4.78, 5) is 36.7. The van der Waals surface area contributed by atoms with Crippen molar-refractivity contribution >= 4 is 28.4 Å². The zero-order chi connectivity index (χ0) is 18.7. The highest BCUT2D eigenvalue weighted by Crippen LogP contribution is 2.12. The number of hydrogen-bond acceptors (Lipinski definition) is 4. The molecule has 0 bridgehead atoms. The van der Waals surface area contributed by atoms with Crippen LogP contribution in [-0.4, -0.2) is 28.6 Å². The maximum atomic E-state index is 12.6. The fourth-order valence-electron chi connectivity index (χ4n) is 2.67. The summed E-state index contributed by atoms with van der Waals surface area (Å²) in [5.74, 6) is -0.805. The highest BCUT2D eigenvalue weighted by molar-refractivity contribution is 6.04. The van der Waals surface area contributed by atoms with E-state index in [-0.39, 0.29) is 11.6 Å². The number of anilines is 1. The van der Waals surface area contributed by atoms with Gasteiger partial charge in [-0.2, -0.15) is 5.10 Å². The SMILES string of the molecule is CCn1nc(C(=O)Nc2ccc(C(=O)NC)cc2)c(=O)c2ccccc21. The van der Waals surface area contributed by atoms with Crippen molar-refractivity contribution < 1.29 is 9.59 Å². The molecule has 2 aromatic carbocycles. The lowest BCUT2D eigenvalue weighted by molar-refractivity contribution is 0.0962. The van der Waals surface area contributed by atoms with Crippen LogP contribution in [0.3, 0.4) is 0 Å². The summed E-state index contributed by atoms with van der Waals surface area (Å²) < 4.78 is 1.63. The van der Waals surface area contributed by atoms with Crippen LogP contribution in [0.4, 0.5) is 5.69 Å². The molecule has 0 spiro atoms. The number of aromatic nitrogens is 2. The second kappa shape index (κ2) is 7.18. The van der Waals surface area contributed by atoms with Gasteiger partial charge in [0.2, 0.25) is 5.43 Å². The van der Waals surface area contributed by atoms with Gasteiger partial charge in [-0.3, -0.25) is 19.1 Å². The van der Waals surface area contributed by atoms with Crippen molar-refractivity contribution in [2.24, 2.45) is 0 Å². The normalized spacial score (nSPS) is 10.5. The summed E-state index contributed by atoms with van der Waals surface area (Å²) in [7, 11) is 1.54. The van der Waals surface area contributed by atoms with Crippen LogP contribution in [0.1, 0.15) is 27.8 Å². The second-order valence-electron chi connectivity index (χ2n) is 5.62. The summed E-state index contributed by atoms with van der Waals surface area (Å²) in [5.41, 5.74) is 1.06. The van der Waals surface area contributed by atoms with E-state index in [4.69, 9.17) is 0 Å². The molecule has 7 nitrogen and oxygen atoms in total. The Morgan fingerprint density at radius 3 is 2.38 bits per heavy atom. The molecule has 0 aliphatic heterocycles. The third-order valence-electron chi connectivity index (χ3n) is 4.01. The predicted octanol–water partition coefficient (Wildman–Crippen LogP) is 2.03. The second-order valence-corrected chi connectivity index (χ2v) is 5.62. The van der Waals surface area contributed by atoms with Crippen molar-refractivity contribution in [1.29, 1.82) is 0 Å². The van der Waals surface area contributed by atoms with Crippen molar-refractivity contribution in [3.63, 3.8) is 0 Å². The van der Waals surface area contributed by atoms with Crippen molar-refractivity contribution in [2.45, 2.75) is 13.5 Å². The molecule has 0 aliphatic rings. The van der Waals surface area contributed by atoms with E-state index in [0.29, 0.717) is 28.7 Å². The number of aryl methyl sites for hydroxylation is 1. The van der Waals surface area contributed by atoms with E-state index < -0.39 is 11.3 Å². The van der Waals surface area contributed by atoms with Gasteiger partial charge in [-0.1, -0.05) is 12.1 Å². The van der Waals surface area contributed by atoms with Gasteiger partial charge in [0.1, 0.15) is 0 Å². The van der Waals surface area contributed by atoms with Gasteiger partial charge in [-0.25, -0.2) is 0 Å². The Kier molecular flexibility index (Phi) is 4.79. The molecule has 0 saturated heterocycles. The Morgan fingerprint density at radius 2 is 1.73 bits per heavy atom. The van der Waals surface area contributed by atoms with Crippen LogP contribution in [0.2, 0.25) is 0 Å². The average Bonchev–Trinajstić information content (AvgIpc) is 2.68. The Morgan fingerprint density at radius 1 is 1.04 bits per heavy atom. The van der Waals surface area contributed by atoms with E-state index in [1.54, 1.807) is 54.2 Å². The number of carbonyl (C=O) groups excluding carboxylic acids is 2. The van der Waals surface area contributed by atoms with E-state index in [1.807, 2.05) is 13.0 Å². The molecule has 0 atom stereocenters. The van der Waals surface area contributed by atoms with Crippen molar-refractivity contribution in [2.75, 3.05) is 12.4 Å². The summed E-state index contributed by atoms with van der Waals surface area (Å²) in [6, 6.07) is 13.4. The molecule has 7 heteroatoms. The molecule has 0 saturated carbocycles. The first-order valence-corrected chi connectivity index (χ1v) is 8.18. The topological polar surface area (TPSA) is 93.1 Å². The van der Waals surface area contributed by atoms with E-state index in [0.717, 1.165) is 0 Å². The number of para-hydroxylation sites is 1. The molecule has 1 aromatic heterocycles. The summed E-state index contributed by atoms with van der Waals surface area (Å²) in [6.45, 7) is 2.42. The van der Waals surface area contributed by atoms with Gasteiger partial charge in [0.05, 0.1) is 5.52 Å². The van der Waals surface area contributed by atoms with Crippen LogP contribution in [0, 0.1) is 0 Å². The molecule has 132 valence electrons. The van der Waals surface area contributed by atoms with Gasteiger partial charge in [-0.15, -0.1) is 0 Å². The maximum absolute atomic E-state index is 12.6. The van der Waals surface area contributed by atoms with Crippen LogP contribution in [0.15, 0.2) is 53.3 Å². The minimum atomic E-state index is -0.587. The zero-order valence-electron chi connectivity index (χ0n) is 14.4. The summed E-state index contributed by atoms with van der Waals surface area (Å²) >= 11 is 0. The maximum Gasteiger partial charge on any atom is 0.280 e. The number of nitrogens with one attached hydrogen (secondary N) is 2. The van der Waals surface area contributed by atoms with Crippen LogP contribution < -0.4 is 16.1 Å². The molecule has 0 fully saturated rings. The molecule has 3 aromatic rings. The fourth-order valence-corrected chi connectivity index (χ4v) is 2.67. The molecule has 2 N–H and O–H groups in total. The first kappa shape index (κ1) is 17.3. The van der Waals surface area contributed by atoms with Crippen LogP contribution in [-0.2, 0) is 6.54 Å². The number of benzene rings is 2. The Balaban J connectivity index is 1.94. The number of amides is 2. The highest BCUT2D eigenvalue weighted by Gasteiger charge is 2.17. The standard InChI is InChI=1S/C19H18N4O3/c1-3-23-15-7-5-4-6-14(15)17(24)16(22-23)19(26)21-13-10-8-12(9-11-13)18(25)20-2/h4-11H,3H2,1-2H3,(H,20,25)(H,21,26). The molecular weight excluding hydrogens is 332 g/mol. The van der Waals surface area contributed by atoms with Crippen molar-refractivity contribution in [3.8, 4) is 0 Å². The van der Waals surface area contributed by atoms with Crippen LogP contribution in [0.25, 0.3) is 10.9 Å². The minimum absolute atomic E-state index is 0.166. The van der Waals surface area contributed by atoms with E-state index in [1.165, 1.54) is 0 Å². The molecule has 0 unspecified atom stereocenters. The first-order chi connectivity index (χ1) is 12.5. The zero-order valence-corrected chi connectivity index (χ0v) is 14.4. The number of fused-ring (bicyclic) bond motifs is 1. The molecule has 2 amide bonds. The largest absolute Gasteiger partial charge is 0.355 e. The van der Waals surface area contributed by atoms with Gasteiger partial charge in [0.25, 0.3) is 11.8 Å². The Labute approximate surface area is 149 Å². The highest BCUT2D eigenvalue weighted by atomic mass is 16.2. The first-order valence-electron chi connectivity index (χ1n) is 8.18. The van der Waals surface area contributed by atoms with E-state index in [2.05, 4.69) is 15.7 Å². The molecular formula is C19H18N4O3. The van der Waals surface area contributed by atoms with Crippen molar-refractivity contribution in [1.82, 2.24) is 15.1 Å². The number of carbonyl (C=O) groups is 2. The lowest BCUT2D eigenvalue weighted by Gasteiger charge is -2.10. The monoisotopic (exact) mass is 350 g/mol. The summed E-state index contributed by atoms with van der Waals surface area (Å²) in [5, 5.41) is 9.83. The molecule has 26 heavy (non-hydrogen) atoms. The van der Waals surface area contributed by atoms with Gasteiger partial charge in [0, 0.05) is 30.2 Å². The Hall–Kier alpha value is -3.48. The van der Waals surface area contributed by atoms with Crippen LogP contribution in [0.5, 0.6) is 0 Å². The number of hydrogen-bond donors (Lipinski definition) is 2. The third-order valence-corrected chi connectivity index (χ3v) is 4.01. The van der Waals surface area contributed by atoms with Gasteiger partial charge < -0.3 is 10.6 Å². The smallest absolute Gasteiger partial charge is 0.280 e. The minimum Gasteiger partial charge on any atom is -0.355 e. The van der Waals surface area contributed by atoms with E-state index >= 15 is 0 Å². The number of nitrogens with zero attached hydrogens (tertiary/aromatic N) is 2.